The predicted octanol–water partition coefficient (Wildman–Crippen LogP) is 3.80. The first-order valence-electron chi connectivity index (χ1n) is 8.09. The first-order valence-corrected chi connectivity index (χ1v) is 8.09. The van der Waals surface area contributed by atoms with Gasteiger partial charge < -0.3 is 9.67 Å². The number of carboxylic acid groups (broad SMARTS) is 1. The third kappa shape index (κ3) is 3.90. The molecule has 24 heavy (non-hydrogen) atoms. The van der Waals surface area contributed by atoms with Crippen LogP contribution in [0.1, 0.15) is 33.7 Å². The number of hydrogen-bond acceptors (Lipinski definition) is 2. The lowest BCUT2D eigenvalue weighted by Crippen LogP contribution is -2.09. The molecule has 1 heterocycles. The lowest BCUT2D eigenvalue weighted by molar-refractivity contribution is 0.0695. The normalized spacial score (nSPS) is 10.7. The van der Waals surface area contributed by atoms with Crippen LogP contribution in [0.15, 0.2) is 67.0 Å². The molecule has 3 aromatic rings. The van der Waals surface area contributed by atoms with Crippen LogP contribution in [-0.4, -0.2) is 20.6 Å². The van der Waals surface area contributed by atoms with Crippen molar-refractivity contribution >= 4 is 5.97 Å². The number of benzene rings is 2. The van der Waals surface area contributed by atoms with Gasteiger partial charge in [-0.3, -0.25) is 0 Å². The molecule has 0 amide bonds. The number of aromatic carboxylic acids is 1. The number of imidazole rings is 1. The van der Waals surface area contributed by atoms with Crippen molar-refractivity contribution in [3.8, 4) is 0 Å². The summed E-state index contributed by atoms with van der Waals surface area (Å²) in [5.74, 6) is 0.0995. The minimum Gasteiger partial charge on any atom is -0.478 e. The minimum atomic E-state index is -0.892. The van der Waals surface area contributed by atoms with Crippen molar-refractivity contribution < 1.29 is 9.90 Å². The maximum Gasteiger partial charge on any atom is 0.336 e. The molecule has 2 aromatic carbocycles. The molecule has 1 N–H and O–H groups in total. The summed E-state index contributed by atoms with van der Waals surface area (Å²) in [5.41, 5.74) is 2.47. The molecule has 3 rings (SSSR count). The van der Waals surface area contributed by atoms with E-state index in [1.54, 1.807) is 18.3 Å². The Morgan fingerprint density at radius 3 is 2.54 bits per heavy atom. The summed E-state index contributed by atoms with van der Waals surface area (Å²) in [5, 5.41) is 9.31. The van der Waals surface area contributed by atoms with Crippen molar-refractivity contribution in [2.75, 3.05) is 0 Å². The Morgan fingerprint density at radius 1 is 1.00 bits per heavy atom. The summed E-state index contributed by atoms with van der Waals surface area (Å²) in [7, 11) is 0. The fourth-order valence-electron chi connectivity index (χ4n) is 2.86. The highest BCUT2D eigenvalue weighted by Gasteiger charge is 2.11. The molecule has 0 spiro atoms. The van der Waals surface area contributed by atoms with Crippen LogP contribution in [0.2, 0.25) is 0 Å². The largest absolute Gasteiger partial charge is 0.478 e. The fraction of sp³-hybridized carbons (Fsp3) is 0.200. The van der Waals surface area contributed by atoms with Crippen LogP contribution in [-0.2, 0) is 19.4 Å². The average molecular weight is 320 g/mol. The van der Waals surface area contributed by atoms with Crippen LogP contribution in [0.4, 0.5) is 0 Å². The first-order chi connectivity index (χ1) is 11.7. The molecule has 122 valence electrons. The zero-order chi connectivity index (χ0) is 16.8. The van der Waals surface area contributed by atoms with Crippen molar-refractivity contribution in [3.05, 3.63) is 89.5 Å². The van der Waals surface area contributed by atoms with Gasteiger partial charge in [-0.15, -0.1) is 0 Å². The molecule has 4 nitrogen and oxygen atoms in total. The fourth-order valence-corrected chi connectivity index (χ4v) is 2.86. The minimum absolute atomic E-state index is 0.349. The van der Waals surface area contributed by atoms with Crippen LogP contribution in [0, 0.1) is 0 Å². The number of aromatic nitrogens is 2. The van der Waals surface area contributed by atoms with Gasteiger partial charge in [-0.05, 0) is 30.0 Å². The number of aryl methyl sites for hydroxylation is 2. The highest BCUT2D eigenvalue weighted by molar-refractivity contribution is 5.89. The Morgan fingerprint density at radius 2 is 1.75 bits per heavy atom. The summed E-state index contributed by atoms with van der Waals surface area (Å²) >= 11 is 0. The van der Waals surface area contributed by atoms with Gasteiger partial charge in [0, 0.05) is 25.4 Å². The Kier molecular flexibility index (Phi) is 5.06. The second-order valence-electron chi connectivity index (χ2n) is 5.77. The molecule has 0 bridgehead atoms. The van der Waals surface area contributed by atoms with Gasteiger partial charge in [-0.25, -0.2) is 9.78 Å². The van der Waals surface area contributed by atoms with Crippen molar-refractivity contribution in [1.82, 2.24) is 9.55 Å². The molecule has 0 aliphatic carbocycles. The summed E-state index contributed by atoms with van der Waals surface area (Å²) in [6.45, 7) is 0.531. The standard InChI is InChI=1S/C20H20N2O2/c23-20(24)18-11-5-4-10-17(18)15-22-14-13-21-19(22)12-6-9-16-7-2-1-3-8-16/h1-5,7-8,10-11,13-14H,6,9,12,15H2,(H,23,24). The van der Waals surface area contributed by atoms with Crippen molar-refractivity contribution in [3.63, 3.8) is 0 Å². The summed E-state index contributed by atoms with van der Waals surface area (Å²) in [6.07, 6.45) is 6.59. The van der Waals surface area contributed by atoms with Gasteiger partial charge in [0.25, 0.3) is 0 Å². The van der Waals surface area contributed by atoms with E-state index in [4.69, 9.17) is 0 Å². The molecule has 0 aliphatic heterocycles. The van der Waals surface area contributed by atoms with Crippen molar-refractivity contribution in [2.45, 2.75) is 25.8 Å². The molecule has 1 aromatic heterocycles. The van der Waals surface area contributed by atoms with Crippen LogP contribution < -0.4 is 0 Å². The molecule has 0 unspecified atom stereocenters. The van der Waals surface area contributed by atoms with Crippen molar-refractivity contribution in [2.24, 2.45) is 0 Å². The smallest absolute Gasteiger partial charge is 0.336 e. The number of carbonyl (C=O) groups is 1. The molecule has 0 saturated heterocycles. The van der Waals surface area contributed by atoms with E-state index in [9.17, 15) is 9.90 Å². The Hall–Kier alpha value is -2.88. The highest BCUT2D eigenvalue weighted by Crippen LogP contribution is 2.13. The topological polar surface area (TPSA) is 55.1 Å². The molecule has 4 heteroatoms. The Bertz CT molecular complexity index is 809. The van der Waals surface area contributed by atoms with E-state index in [2.05, 4.69) is 29.2 Å². The monoisotopic (exact) mass is 320 g/mol. The van der Waals surface area contributed by atoms with Gasteiger partial charge in [-0.1, -0.05) is 48.5 Å². The molecule has 0 fully saturated rings. The SMILES string of the molecule is O=C(O)c1ccccc1Cn1ccnc1CCCc1ccccc1. The van der Waals surface area contributed by atoms with Gasteiger partial charge in [0.05, 0.1) is 5.56 Å². The summed E-state index contributed by atoms with van der Waals surface area (Å²) < 4.78 is 2.03. The number of hydrogen-bond donors (Lipinski definition) is 1. The summed E-state index contributed by atoms with van der Waals surface area (Å²) in [6, 6.07) is 17.5. The van der Waals surface area contributed by atoms with E-state index >= 15 is 0 Å². The maximum absolute atomic E-state index is 11.3. The zero-order valence-corrected chi connectivity index (χ0v) is 13.4. The third-order valence-corrected chi connectivity index (χ3v) is 4.10. The summed E-state index contributed by atoms with van der Waals surface area (Å²) in [4.78, 5) is 15.8. The van der Waals surface area contributed by atoms with Crippen molar-refractivity contribution in [1.29, 1.82) is 0 Å². The molecular weight excluding hydrogens is 300 g/mol. The number of nitrogens with zero attached hydrogens (tertiary/aromatic N) is 2. The third-order valence-electron chi connectivity index (χ3n) is 4.10. The van der Waals surface area contributed by atoms with Gasteiger partial charge >= 0.3 is 5.97 Å². The maximum atomic E-state index is 11.3. The Labute approximate surface area is 141 Å². The lowest BCUT2D eigenvalue weighted by Gasteiger charge is -2.10. The van der Waals surface area contributed by atoms with E-state index < -0.39 is 5.97 Å². The van der Waals surface area contributed by atoms with Crippen LogP contribution in [0.25, 0.3) is 0 Å². The van der Waals surface area contributed by atoms with Gasteiger partial charge in [0.15, 0.2) is 0 Å². The van der Waals surface area contributed by atoms with Gasteiger partial charge in [-0.2, -0.15) is 0 Å². The first kappa shape index (κ1) is 16.0. The molecule has 0 radical (unpaired) electrons. The lowest BCUT2D eigenvalue weighted by atomic mass is 10.1. The number of rotatable bonds is 7. The Balaban J connectivity index is 1.66. The zero-order valence-electron chi connectivity index (χ0n) is 13.4. The molecular formula is C20H20N2O2. The average Bonchev–Trinajstić information content (AvgIpc) is 3.03. The van der Waals surface area contributed by atoms with Crippen LogP contribution >= 0.6 is 0 Å². The second kappa shape index (κ2) is 7.59. The number of carboxylic acids is 1. The van der Waals surface area contributed by atoms with E-state index in [0.29, 0.717) is 12.1 Å². The van der Waals surface area contributed by atoms with E-state index in [-0.39, 0.29) is 0 Å². The molecule has 0 atom stereocenters. The molecule has 0 saturated carbocycles. The van der Waals surface area contributed by atoms with E-state index in [1.807, 2.05) is 29.0 Å². The predicted molar refractivity (Wildman–Crippen MR) is 93.2 cm³/mol. The van der Waals surface area contributed by atoms with Crippen LogP contribution in [0.5, 0.6) is 0 Å². The van der Waals surface area contributed by atoms with E-state index in [0.717, 1.165) is 30.7 Å². The highest BCUT2D eigenvalue weighted by atomic mass is 16.4. The van der Waals surface area contributed by atoms with Crippen LogP contribution in [0.3, 0.4) is 0 Å². The molecule has 0 aliphatic rings. The van der Waals surface area contributed by atoms with Gasteiger partial charge in [0.2, 0.25) is 0 Å². The van der Waals surface area contributed by atoms with E-state index in [1.165, 1.54) is 5.56 Å². The quantitative estimate of drug-likeness (QED) is 0.720. The van der Waals surface area contributed by atoms with Gasteiger partial charge in [0.1, 0.15) is 5.82 Å². The second-order valence-corrected chi connectivity index (χ2v) is 5.77.